The SMILES string of the molecule is N#CC1=C(N=CN2CCCC2)Oc2cc(O)ccc2[C@H]1c1ccccc1. The van der Waals surface area contributed by atoms with E-state index in [0.29, 0.717) is 17.2 Å². The predicted octanol–water partition coefficient (Wildman–Crippen LogP) is 3.78. The van der Waals surface area contributed by atoms with Gasteiger partial charge in [0.2, 0.25) is 5.88 Å². The topological polar surface area (TPSA) is 68.9 Å². The molecule has 0 unspecified atom stereocenters. The molecule has 2 aliphatic heterocycles. The van der Waals surface area contributed by atoms with Crippen molar-refractivity contribution < 1.29 is 9.84 Å². The van der Waals surface area contributed by atoms with E-state index in [1.807, 2.05) is 30.3 Å². The molecule has 2 aromatic carbocycles. The minimum Gasteiger partial charge on any atom is -0.508 e. The van der Waals surface area contributed by atoms with Gasteiger partial charge in [-0.25, -0.2) is 4.99 Å². The average Bonchev–Trinajstić information content (AvgIpc) is 3.19. The van der Waals surface area contributed by atoms with Gasteiger partial charge in [-0.15, -0.1) is 0 Å². The van der Waals surface area contributed by atoms with Crippen molar-refractivity contribution in [2.45, 2.75) is 18.8 Å². The number of hydrogen-bond acceptors (Lipinski definition) is 4. The standard InChI is InChI=1S/C21H19N3O2/c22-13-18-20(15-6-2-1-3-7-15)17-9-8-16(25)12-19(17)26-21(18)23-14-24-10-4-5-11-24/h1-3,6-9,12,14,20,25H,4-5,10-11H2/t20-/m1/s1. The van der Waals surface area contributed by atoms with Crippen molar-refractivity contribution in [3.05, 3.63) is 71.1 Å². The number of aliphatic imine (C=N–C) groups is 1. The Morgan fingerprint density at radius 3 is 2.65 bits per heavy atom. The van der Waals surface area contributed by atoms with Crippen LogP contribution >= 0.6 is 0 Å². The van der Waals surface area contributed by atoms with Gasteiger partial charge in [0.05, 0.1) is 12.3 Å². The fourth-order valence-electron chi connectivity index (χ4n) is 3.48. The van der Waals surface area contributed by atoms with E-state index in [0.717, 1.165) is 37.1 Å². The van der Waals surface area contributed by atoms with E-state index in [1.165, 1.54) is 0 Å². The van der Waals surface area contributed by atoms with Gasteiger partial charge in [0.25, 0.3) is 0 Å². The third-order valence-electron chi connectivity index (χ3n) is 4.77. The van der Waals surface area contributed by atoms with Crippen LogP contribution in [-0.2, 0) is 0 Å². The number of likely N-dealkylation sites (tertiary alicyclic amines) is 1. The van der Waals surface area contributed by atoms with E-state index in [-0.39, 0.29) is 11.7 Å². The Hall–Kier alpha value is -3.26. The molecule has 1 fully saturated rings. The van der Waals surface area contributed by atoms with E-state index in [1.54, 1.807) is 24.5 Å². The normalized spacial score (nSPS) is 19.3. The first kappa shape index (κ1) is 16.2. The van der Waals surface area contributed by atoms with Crippen LogP contribution in [0.3, 0.4) is 0 Å². The molecule has 0 bridgehead atoms. The van der Waals surface area contributed by atoms with Crippen LogP contribution in [0.15, 0.2) is 65.0 Å². The second-order valence-electron chi connectivity index (χ2n) is 6.49. The maximum atomic E-state index is 9.85. The number of phenolic OH excluding ortho intramolecular Hbond substituents is 1. The summed E-state index contributed by atoms with van der Waals surface area (Å²) in [4.78, 5) is 6.60. The first-order valence-electron chi connectivity index (χ1n) is 8.74. The molecule has 130 valence electrons. The summed E-state index contributed by atoms with van der Waals surface area (Å²) in [6.45, 7) is 1.94. The van der Waals surface area contributed by atoms with Gasteiger partial charge in [0.1, 0.15) is 23.1 Å². The largest absolute Gasteiger partial charge is 0.508 e. The van der Waals surface area contributed by atoms with E-state index in [9.17, 15) is 10.4 Å². The number of nitrogens with zero attached hydrogens (tertiary/aromatic N) is 3. The number of ether oxygens (including phenoxy) is 1. The van der Waals surface area contributed by atoms with Gasteiger partial charge in [-0.1, -0.05) is 36.4 Å². The van der Waals surface area contributed by atoms with Crippen molar-refractivity contribution in [2.24, 2.45) is 4.99 Å². The molecule has 1 N–H and O–H groups in total. The molecule has 1 saturated heterocycles. The summed E-state index contributed by atoms with van der Waals surface area (Å²) < 4.78 is 5.90. The third-order valence-corrected chi connectivity index (χ3v) is 4.77. The molecule has 0 spiro atoms. The quantitative estimate of drug-likeness (QED) is 0.679. The average molecular weight is 345 g/mol. The van der Waals surface area contributed by atoms with Crippen LogP contribution in [0.25, 0.3) is 0 Å². The summed E-state index contributed by atoms with van der Waals surface area (Å²) in [5.41, 5.74) is 2.32. The fourth-order valence-corrected chi connectivity index (χ4v) is 3.48. The van der Waals surface area contributed by atoms with Crippen LogP contribution in [0.1, 0.15) is 29.9 Å². The van der Waals surface area contributed by atoms with Gasteiger partial charge >= 0.3 is 0 Å². The van der Waals surface area contributed by atoms with Crippen molar-refractivity contribution in [2.75, 3.05) is 13.1 Å². The maximum absolute atomic E-state index is 9.85. The van der Waals surface area contributed by atoms with Gasteiger partial charge in [0, 0.05) is 24.7 Å². The number of hydrogen-bond donors (Lipinski definition) is 1. The first-order valence-corrected chi connectivity index (χ1v) is 8.74. The number of phenols is 1. The molecule has 26 heavy (non-hydrogen) atoms. The lowest BCUT2D eigenvalue weighted by atomic mass is 9.83. The van der Waals surface area contributed by atoms with E-state index < -0.39 is 0 Å². The Morgan fingerprint density at radius 1 is 1.15 bits per heavy atom. The number of aromatic hydroxyl groups is 1. The zero-order valence-electron chi connectivity index (χ0n) is 14.3. The summed E-state index contributed by atoms with van der Waals surface area (Å²) in [5, 5.41) is 19.7. The highest BCUT2D eigenvalue weighted by Gasteiger charge is 2.31. The highest BCUT2D eigenvalue weighted by Crippen LogP contribution is 2.44. The molecule has 0 amide bonds. The lowest BCUT2D eigenvalue weighted by Crippen LogP contribution is -2.19. The van der Waals surface area contributed by atoms with Crippen LogP contribution < -0.4 is 4.74 Å². The molecule has 2 aliphatic rings. The van der Waals surface area contributed by atoms with Gasteiger partial charge < -0.3 is 14.7 Å². The van der Waals surface area contributed by atoms with Crippen molar-refractivity contribution >= 4 is 6.34 Å². The van der Waals surface area contributed by atoms with Crippen molar-refractivity contribution in [1.82, 2.24) is 4.90 Å². The molecular formula is C21H19N3O2. The molecule has 2 heterocycles. The number of benzene rings is 2. The van der Waals surface area contributed by atoms with Gasteiger partial charge in [-0.2, -0.15) is 5.26 Å². The summed E-state index contributed by atoms with van der Waals surface area (Å²) in [6.07, 6.45) is 4.07. The van der Waals surface area contributed by atoms with E-state index in [4.69, 9.17) is 4.74 Å². The van der Waals surface area contributed by atoms with Crippen LogP contribution in [0.5, 0.6) is 11.5 Å². The molecule has 4 rings (SSSR count). The second-order valence-corrected chi connectivity index (χ2v) is 6.49. The Kier molecular flexibility index (Phi) is 4.32. The number of allylic oxidation sites excluding steroid dienone is 1. The monoisotopic (exact) mass is 345 g/mol. The molecule has 5 heteroatoms. The maximum Gasteiger partial charge on any atom is 0.235 e. The Labute approximate surface area is 152 Å². The molecule has 0 saturated carbocycles. The molecule has 0 aliphatic carbocycles. The van der Waals surface area contributed by atoms with Crippen LogP contribution in [0.2, 0.25) is 0 Å². The van der Waals surface area contributed by atoms with E-state index in [2.05, 4.69) is 16.0 Å². The highest BCUT2D eigenvalue weighted by molar-refractivity contribution is 5.61. The number of nitriles is 1. The second kappa shape index (κ2) is 6.93. The van der Waals surface area contributed by atoms with Gasteiger partial charge in [-0.3, -0.25) is 0 Å². The zero-order chi connectivity index (χ0) is 17.9. The van der Waals surface area contributed by atoms with Crippen molar-refractivity contribution in [3.63, 3.8) is 0 Å². The molecule has 1 atom stereocenters. The summed E-state index contributed by atoms with van der Waals surface area (Å²) in [7, 11) is 0. The lowest BCUT2D eigenvalue weighted by molar-refractivity contribution is 0.387. The summed E-state index contributed by atoms with van der Waals surface area (Å²) in [5.74, 6) is 0.688. The lowest BCUT2D eigenvalue weighted by Gasteiger charge is -2.26. The predicted molar refractivity (Wildman–Crippen MR) is 99.0 cm³/mol. The van der Waals surface area contributed by atoms with Crippen molar-refractivity contribution in [1.29, 1.82) is 5.26 Å². The molecule has 5 nitrogen and oxygen atoms in total. The minimum atomic E-state index is -0.267. The molecule has 0 aromatic heterocycles. The van der Waals surface area contributed by atoms with E-state index >= 15 is 0 Å². The molecular weight excluding hydrogens is 326 g/mol. The van der Waals surface area contributed by atoms with Crippen LogP contribution in [-0.4, -0.2) is 29.4 Å². The summed E-state index contributed by atoms with van der Waals surface area (Å²) in [6, 6.07) is 17.1. The molecule has 2 aromatic rings. The zero-order valence-corrected chi connectivity index (χ0v) is 14.3. The first-order chi connectivity index (χ1) is 12.8. The number of rotatable bonds is 3. The smallest absolute Gasteiger partial charge is 0.235 e. The summed E-state index contributed by atoms with van der Waals surface area (Å²) >= 11 is 0. The Bertz CT molecular complexity index is 907. The van der Waals surface area contributed by atoms with Crippen molar-refractivity contribution in [3.8, 4) is 17.6 Å². The van der Waals surface area contributed by atoms with Crippen LogP contribution in [0, 0.1) is 11.3 Å². The van der Waals surface area contributed by atoms with Crippen LogP contribution in [0.4, 0.5) is 0 Å². The van der Waals surface area contributed by atoms with Gasteiger partial charge in [-0.05, 0) is 24.5 Å². The highest BCUT2D eigenvalue weighted by atomic mass is 16.5. The fraction of sp³-hybridized carbons (Fsp3) is 0.238. The Morgan fingerprint density at radius 2 is 1.92 bits per heavy atom. The third kappa shape index (κ3) is 3.02. The molecule has 0 radical (unpaired) electrons. The number of fused-ring (bicyclic) bond motifs is 1. The minimum absolute atomic E-state index is 0.124. The Balaban J connectivity index is 1.81. The van der Waals surface area contributed by atoms with Gasteiger partial charge in [0.15, 0.2) is 0 Å².